The Morgan fingerprint density at radius 2 is 2.13 bits per heavy atom. The molecule has 7 nitrogen and oxygen atoms in total. The number of fused-ring (bicyclic) bond motifs is 2. The number of carbonyl (C=O) groups excluding carboxylic acids is 1. The van der Waals surface area contributed by atoms with Crippen LogP contribution in [0.25, 0.3) is 0 Å². The summed E-state index contributed by atoms with van der Waals surface area (Å²) in [7, 11) is 0. The Bertz CT molecular complexity index is 773. The largest absolute Gasteiger partial charge is 0.361 e. The van der Waals surface area contributed by atoms with Crippen molar-refractivity contribution in [3.05, 3.63) is 40.3 Å². The van der Waals surface area contributed by atoms with Crippen molar-refractivity contribution < 1.29 is 14.1 Å². The van der Waals surface area contributed by atoms with E-state index in [1.165, 1.54) is 0 Å². The van der Waals surface area contributed by atoms with Gasteiger partial charge >= 0.3 is 0 Å². The van der Waals surface area contributed by atoms with Gasteiger partial charge in [0.1, 0.15) is 17.2 Å². The number of likely N-dealkylation sites (tertiary alicyclic amines) is 1. The molecule has 0 aliphatic carbocycles. The number of aromatic nitrogens is 3. The van der Waals surface area contributed by atoms with Gasteiger partial charge in [-0.1, -0.05) is 5.16 Å². The lowest BCUT2D eigenvalue weighted by molar-refractivity contribution is -0.168. The van der Waals surface area contributed by atoms with Gasteiger partial charge in [0.25, 0.3) is 0 Å². The van der Waals surface area contributed by atoms with Crippen LogP contribution in [0, 0.1) is 20.8 Å². The molecule has 0 N–H and O–H groups in total. The smallest absolute Gasteiger partial charge is 0.227 e. The van der Waals surface area contributed by atoms with E-state index in [4.69, 9.17) is 9.26 Å². The Balaban J connectivity index is 1.47. The highest BCUT2D eigenvalue weighted by atomic mass is 16.5. The van der Waals surface area contributed by atoms with Gasteiger partial charge in [0.05, 0.1) is 37.5 Å². The lowest BCUT2D eigenvalue weighted by Gasteiger charge is -2.47. The zero-order valence-corrected chi connectivity index (χ0v) is 13.4. The summed E-state index contributed by atoms with van der Waals surface area (Å²) in [5, 5.41) is 3.89. The van der Waals surface area contributed by atoms with Gasteiger partial charge in [-0.05, 0) is 20.8 Å². The van der Waals surface area contributed by atoms with Gasteiger partial charge in [-0.15, -0.1) is 0 Å². The minimum Gasteiger partial charge on any atom is -0.361 e. The number of nitrogens with zero attached hydrogens (tertiary/aromatic N) is 4. The summed E-state index contributed by atoms with van der Waals surface area (Å²) >= 11 is 0. The molecule has 0 radical (unpaired) electrons. The van der Waals surface area contributed by atoms with Gasteiger partial charge in [-0.3, -0.25) is 4.79 Å². The van der Waals surface area contributed by atoms with Crippen LogP contribution in [0.5, 0.6) is 0 Å². The van der Waals surface area contributed by atoms with Crippen LogP contribution in [0.1, 0.15) is 34.1 Å². The van der Waals surface area contributed by atoms with Crippen LogP contribution in [0.15, 0.2) is 10.7 Å². The van der Waals surface area contributed by atoms with Crippen molar-refractivity contribution >= 4 is 5.91 Å². The van der Waals surface area contributed by atoms with Crippen LogP contribution < -0.4 is 0 Å². The number of hydrogen-bond donors (Lipinski definition) is 0. The molecule has 4 heterocycles. The molecule has 1 fully saturated rings. The summed E-state index contributed by atoms with van der Waals surface area (Å²) in [6.45, 7) is 7.14. The number of hydrogen-bond acceptors (Lipinski definition) is 6. The van der Waals surface area contributed by atoms with Crippen molar-refractivity contribution in [3.63, 3.8) is 0 Å². The first kappa shape index (κ1) is 14.3. The summed E-state index contributed by atoms with van der Waals surface area (Å²) in [6.07, 6.45) is 2.15. The average molecular weight is 314 g/mol. The highest BCUT2D eigenvalue weighted by molar-refractivity contribution is 5.80. The summed E-state index contributed by atoms with van der Waals surface area (Å²) < 4.78 is 11.1. The van der Waals surface area contributed by atoms with Crippen molar-refractivity contribution in [2.24, 2.45) is 0 Å². The first-order valence-electron chi connectivity index (χ1n) is 7.65. The second-order valence-corrected chi connectivity index (χ2v) is 6.29. The Hall–Kier alpha value is -2.28. The highest BCUT2D eigenvalue weighted by Gasteiger charge is 2.52. The van der Waals surface area contributed by atoms with Gasteiger partial charge < -0.3 is 14.2 Å². The fourth-order valence-electron chi connectivity index (χ4n) is 3.32. The van der Waals surface area contributed by atoms with E-state index in [2.05, 4.69) is 15.1 Å². The van der Waals surface area contributed by atoms with Crippen molar-refractivity contribution in [2.75, 3.05) is 13.1 Å². The van der Waals surface area contributed by atoms with Crippen LogP contribution >= 0.6 is 0 Å². The zero-order chi connectivity index (χ0) is 16.2. The fraction of sp³-hybridized carbons (Fsp3) is 0.500. The summed E-state index contributed by atoms with van der Waals surface area (Å²) in [5.74, 6) is 1.52. The summed E-state index contributed by atoms with van der Waals surface area (Å²) in [4.78, 5) is 23.0. The quantitative estimate of drug-likeness (QED) is 0.828. The van der Waals surface area contributed by atoms with Crippen molar-refractivity contribution in [1.29, 1.82) is 0 Å². The third-order valence-electron chi connectivity index (χ3n) is 4.72. The van der Waals surface area contributed by atoms with E-state index in [1.54, 1.807) is 4.90 Å². The van der Waals surface area contributed by atoms with E-state index in [1.807, 2.05) is 27.0 Å². The lowest BCUT2D eigenvalue weighted by atomic mass is 9.87. The Labute approximate surface area is 133 Å². The van der Waals surface area contributed by atoms with Crippen LogP contribution in [0.2, 0.25) is 0 Å². The molecule has 0 atom stereocenters. The van der Waals surface area contributed by atoms with Crippen LogP contribution in [-0.2, 0) is 28.2 Å². The summed E-state index contributed by atoms with van der Waals surface area (Å²) in [5.41, 5.74) is 3.19. The molecular formula is C16H18N4O3. The predicted octanol–water partition coefficient (Wildman–Crippen LogP) is 1.20. The number of ether oxygens (including phenoxy) is 1. The average Bonchev–Trinajstić information content (AvgIpc) is 3.00. The van der Waals surface area contributed by atoms with Crippen LogP contribution in [-0.4, -0.2) is 39.0 Å². The molecule has 1 saturated heterocycles. The standard InChI is InChI=1S/C16H18N4O3/c1-9-12(10(2)23-19-9)4-15(21)20-7-16(8-20)13-5-17-11(3)18-14(13)6-22-16/h5H,4,6-8H2,1-3H3. The van der Waals surface area contributed by atoms with E-state index >= 15 is 0 Å². The molecule has 23 heavy (non-hydrogen) atoms. The van der Waals surface area contributed by atoms with E-state index < -0.39 is 5.60 Å². The van der Waals surface area contributed by atoms with Gasteiger partial charge in [0, 0.05) is 17.3 Å². The molecule has 2 aromatic heterocycles. The van der Waals surface area contributed by atoms with Gasteiger partial charge in [-0.25, -0.2) is 9.97 Å². The maximum absolute atomic E-state index is 12.5. The maximum Gasteiger partial charge on any atom is 0.227 e. The minimum atomic E-state index is -0.419. The normalized spacial score (nSPS) is 18.1. The van der Waals surface area contributed by atoms with Crippen LogP contribution in [0.4, 0.5) is 0 Å². The summed E-state index contributed by atoms with van der Waals surface area (Å²) in [6, 6.07) is 0. The fourth-order valence-corrected chi connectivity index (χ4v) is 3.32. The molecular weight excluding hydrogens is 296 g/mol. The second kappa shape index (κ2) is 4.86. The third kappa shape index (κ3) is 2.15. The molecule has 2 aliphatic heterocycles. The van der Waals surface area contributed by atoms with Crippen molar-refractivity contribution in [3.8, 4) is 0 Å². The Morgan fingerprint density at radius 3 is 2.83 bits per heavy atom. The number of rotatable bonds is 2. The van der Waals surface area contributed by atoms with Crippen molar-refractivity contribution in [1.82, 2.24) is 20.0 Å². The van der Waals surface area contributed by atoms with E-state index in [9.17, 15) is 4.79 Å². The predicted molar refractivity (Wildman–Crippen MR) is 79.5 cm³/mol. The molecule has 0 bridgehead atoms. The molecule has 1 amide bonds. The molecule has 1 spiro atoms. The lowest BCUT2D eigenvalue weighted by Crippen LogP contribution is -2.61. The Morgan fingerprint density at radius 1 is 1.35 bits per heavy atom. The van der Waals surface area contributed by atoms with Gasteiger partial charge in [-0.2, -0.15) is 0 Å². The number of carbonyl (C=O) groups is 1. The number of amides is 1. The third-order valence-corrected chi connectivity index (χ3v) is 4.72. The van der Waals surface area contributed by atoms with Gasteiger partial charge in [0.2, 0.25) is 5.91 Å². The molecule has 0 aromatic carbocycles. The number of aryl methyl sites for hydroxylation is 3. The van der Waals surface area contributed by atoms with E-state index in [-0.39, 0.29) is 5.91 Å². The second-order valence-electron chi connectivity index (χ2n) is 6.29. The molecule has 2 aliphatic rings. The minimum absolute atomic E-state index is 0.0649. The van der Waals surface area contributed by atoms with Gasteiger partial charge in [0.15, 0.2) is 0 Å². The first-order valence-corrected chi connectivity index (χ1v) is 7.65. The van der Waals surface area contributed by atoms with Crippen LogP contribution in [0.3, 0.4) is 0 Å². The molecule has 4 rings (SSSR count). The topological polar surface area (TPSA) is 81.4 Å². The maximum atomic E-state index is 12.5. The highest BCUT2D eigenvalue weighted by Crippen LogP contribution is 2.42. The monoisotopic (exact) mass is 314 g/mol. The zero-order valence-electron chi connectivity index (χ0n) is 13.4. The SMILES string of the molecule is Cc1ncc2c(n1)COC21CN(C(=O)Cc2c(C)noc2C)C1. The Kier molecular flexibility index (Phi) is 3.02. The van der Waals surface area contributed by atoms with E-state index in [0.29, 0.717) is 31.9 Å². The molecule has 7 heteroatoms. The molecule has 0 saturated carbocycles. The molecule has 0 unspecified atom stereocenters. The molecule has 2 aromatic rings. The first-order chi connectivity index (χ1) is 11.0. The molecule has 120 valence electrons. The van der Waals surface area contributed by atoms with E-state index in [0.717, 1.165) is 28.3 Å². The van der Waals surface area contributed by atoms with Crippen molar-refractivity contribution in [2.45, 2.75) is 39.4 Å².